The van der Waals surface area contributed by atoms with Gasteiger partial charge in [-0.3, -0.25) is 4.98 Å². The van der Waals surface area contributed by atoms with E-state index in [1.807, 2.05) is 42.5 Å². The summed E-state index contributed by atoms with van der Waals surface area (Å²) in [5.74, 6) is 0.396. The van der Waals surface area contributed by atoms with E-state index < -0.39 is 0 Å². The van der Waals surface area contributed by atoms with Crippen LogP contribution >= 0.6 is 11.6 Å². The Morgan fingerprint density at radius 2 is 1.92 bits per heavy atom. The van der Waals surface area contributed by atoms with Gasteiger partial charge in [-0.05, 0) is 42.0 Å². The zero-order valence-corrected chi connectivity index (χ0v) is 14.3. The Morgan fingerprint density at radius 3 is 2.72 bits per heavy atom. The van der Waals surface area contributed by atoms with Crippen LogP contribution in [0.3, 0.4) is 0 Å². The van der Waals surface area contributed by atoms with Crippen molar-refractivity contribution in [3.8, 4) is 5.75 Å². The van der Waals surface area contributed by atoms with E-state index in [0.29, 0.717) is 24.7 Å². The summed E-state index contributed by atoms with van der Waals surface area (Å²) < 4.78 is 18.8. The Hall–Kier alpha value is -2.43. The van der Waals surface area contributed by atoms with Crippen molar-refractivity contribution in [2.75, 3.05) is 0 Å². The highest BCUT2D eigenvalue weighted by Gasteiger charge is 2.04. The maximum atomic E-state index is 13.1. The molecule has 3 nitrogen and oxygen atoms in total. The lowest BCUT2D eigenvalue weighted by Gasteiger charge is -2.10. The monoisotopic (exact) mass is 356 g/mol. The molecule has 0 aliphatic rings. The predicted molar refractivity (Wildman–Crippen MR) is 97.0 cm³/mol. The van der Waals surface area contributed by atoms with Crippen molar-refractivity contribution in [2.45, 2.75) is 19.7 Å². The molecule has 0 atom stereocenters. The Bertz CT molecular complexity index is 827. The van der Waals surface area contributed by atoms with Crippen molar-refractivity contribution in [1.29, 1.82) is 0 Å². The molecule has 3 rings (SSSR count). The van der Waals surface area contributed by atoms with Gasteiger partial charge in [0.1, 0.15) is 18.2 Å². The second kappa shape index (κ2) is 8.60. The lowest BCUT2D eigenvalue weighted by molar-refractivity contribution is 0.306. The van der Waals surface area contributed by atoms with Crippen molar-refractivity contribution in [3.05, 3.63) is 94.5 Å². The maximum absolute atomic E-state index is 13.1. The SMILES string of the molecule is Fc1ccc(COc2cccc(CNCc3ccccn3)c2)c(Cl)c1. The Balaban J connectivity index is 1.54. The molecule has 0 aliphatic heterocycles. The molecule has 25 heavy (non-hydrogen) atoms. The standard InChI is InChI=1S/C20H18ClFN2O/c21-20-11-17(22)8-7-16(20)14-25-19-6-3-4-15(10-19)12-23-13-18-5-1-2-9-24-18/h1-11,23H,12-14H2. The van der Waals surface area contributed by atoms with Crippen LogP contribution in [0.25, 0.3) is 0 Å². The van der Waals surface area contributed by atoms with Gasteiger partial charge in [-0.15, -0.1) is 0 Å². The first-order chi connectivity index (χ1) is 12.2. The topological polar surface area (TPSA) is 34.1 Å². The quantitative estimate of drug-likeness (QED) is 0.663. The number of rotatable bonds is 7. The summed E-state index contributed by atoms with van der Waals surface area (Å²) >= 11 is 6.02. The highest BCUT2D eigenvalue weighted by atomic mass is 35.5. The van der Waals surface area contributed by atoms with Crippen LogP contribution in [0.4, 0.5) is 4.39 Å². The summed E-state index contributed by atoms with van der Waals surface area (Å²) in [6.07, 6.45) is 1.78. The lowest BCUT2D eigenvalue weighted by Crippen LogP contribution is -2.13. The fourth-order valence-electron chi connectivity index (χ4n) is 2.38. The molecule has 3 aromatic rings. The number of halogens is 2. The molecule has 0 bridgehead atoms. The van der Waals surface area contributed by atoms with Crippen molar-refractivity contribution >= 4 is 11.6 Å². The average Bonchev–Trinajstić information content (AvgIpc) is 2.62. The largest absolute Gasteiger partial charge is 0.489 e. The molecule has 0 saturated carbocycles. The van der Waals surface area contributed by atoms with E-state index in [-0.39, 0.29) is 5.82 Å². The molecule has 1 aromatic heterocycles. The number of hydrogen-bond acceptors (Lipinski definition) is 3. The Kier molecular flexibility index (Phi) is 5.99. The lowest BCUT2D eigenvalue weighted by atomic mass is 10.2. The summed E-state index contributed by atoms with van der Waals surface area (Å²) in [5, 5.41) is 3.72. The number of pyridine rings is 1. The Morgan fingerprint density at radius 1 is 1.00 bits per heavy atom. The molecule has 0 aliphatic carbocycles. The van der Waals surface area contributed by atoms with Crippen molar-refractivity contribution in [2.24, 2.45) is 0 Å². The van der Waals surface area contributed by atoms with Gasteiger partial charge in [0.15, 0.2) is 0 Å². The van der Waals surface area contributed by atoms with Gasteiger partial charge in [0.25, 0.3) is 0 Å². The van der Waals surface area contributed by atoms with Crippen LogP contribution in [0.15, 0.2) is 66.9 Å². The third-order valence-electron chi connectivity index (χ3n) is 3.67. The smallest absolute Gasteiger partial charge is 0.124 e. The molecule has 0 unspecified atom stereocenters. The van der Waals surface area contributed by atoms with Crippen LogP contribution in [0, 0.1) is 5.82 Å². The Labute approximate surface area is 151 Å². The van der Waals surface area contributed by atoms with Crippen LogP contribution in [0.1, 0.15) is 16.8 Å². The number of hydrogen-bond donors (Lipinski definition) is 1. The van der Waals surface area contributed by atoms with Gasteiger partial charge >= 0.3 is 0 Å². The molecule has 2 aromatic carbocycles. The molecule has 128 valence electrons. The molecule has 0 radical (unpaired) electrons. The van der Waals surface area contributed by atoms with Gasteiger partial charge in [-0.2, -0.15) is 0 Å². The first kappa shape index (κ1) is 17.4. The first-order valence-corrected chi connectivity index (χ1v) is 8.35. The zero-order chi connectivity index (χ0) is 17.5. The summed E-state index contributed by atoms with van der Waals surface area (Å²) in [6.45, 7) is 1.71. The van der Waals surface area contributed by atoms with Crippen LogP contribution in [-0.4, -0.2) is 4.98 Å². The van der Waals surface area contributed by atoms with Gasteiger partial charge in [-0.1, -0.05) is 35.9 Å². The normalized spacial score (nSPS) is 10.6. The maximum Gasteiger partial charge on any atom is 0.124 e. The van der Waals surface area contributed by atoms with E-state index in [2.05, 4.69) is 10.3 Å². The number of ether oxygens (including phenoxy) is 1. The fraction of sp³-hybridized carbons (Fsp3) is 0.150. The average molecular weight is 357 g/mol. The molecule has 5 heteroatoms. The van der Waals surface area contributed by atoms with Crippen LogP contribution in [0.5, 0.6) is 5.75 Å². The van der Waals surface area contributed by atoms with Crippen molar-refractivity contribution in [3.63, 3.8) is 0 Å². The molecular formula is C20H18ClFN2O. The summed E-state index contributed by atoms with van der Waals surface area (Å²) in [7, 11) is 0. The van der Waals surface area contributed by atoms with Gasteiger partial charge in [0.2, 0.25) is 0 Å². The summed E-state index contributed by atoms with van der Waals surface area (Å²) in [4.78, 5) is 4.28. The highest BCUT2D eigenvalue weighted by Crippen LogP contribution is 2.20. The van der Waals surface area contributed by atoms with E-state index >= 15 is 0 Å². The van der Waals surface area contributed by atoms with Gasteiger partial charge in [-0.25, -0.2) is 4.39 Å². The number of aromatic nitrogens is 1. The molecule has 0 spiro atoms. The van der Waals surface area contributed by atoms with Gasteiger partial charge in [0.05, 0.1) is 10.7 Å². The number of nitrogens with one attached hydrogen (secondary N) is 1. The van der Waals surface area contributed by atoms with Crippen molar-refractivity contribution in [1.82, 2.24) is 10.3 Å². The molecule has 0 amide bonds. The van der Waals surface area contributed by atoms with E-state index in [4.69, 9.17) is 16.3 Å². The van der Waals surface area contributed by atoms with Crippen LogP contribution < -0.4 is 10.1 Å². The molecule has 0 saturated heterocycles. The zero-order valence-electron chi connectivity index (χ0n) is 13.6. The second-order valence-electron chi connectivity index (χ2n) is 5.60. The minimum atomic E-state index is -0.352. The van der Waals surface area contributed by atoms with E-state index in [1.165, 1.54) is 12.1 Å². The molecule has 0 fully saturated rings. The fourth-order valence-corrected chi connectivity index (χ4v) is 2.60. The number of benzene rings is 2. The highest BCUT2D eigenvalue weighted by molar-refractivity contribution is 6.31. The van der Waals surface area contributed by atoms with E-state index in [0.717, 1.165) is 22.6 Å². The predicted octanol–water partition coefficient (Wildman–Crippen LogP) is 4.74. The third kappa shape index (κ3) is 5.28. The van der Waals surface area contributed by atoms with Crippen LogP contribution in [-0.2, 0) is 19.7 Å². The van der Waals surface area contributed by atoms with Crippen molar-refractivity contribution < 1.29 is 9.13 Å². The minimum absolute atomic E-state index is 0.296. The summed E-state index contributed by atoms with van der Waals surface area (Å²) in [5.41, 5.74) is 2.86. The van der Waals surface area contributed by atoms with Crippen LogP contribution in [0.2, 0.25) is 5.02 Å². The van der Waals surface area contributed by atoms with Gasteiger partial charge < -0.3 is 10.1 Å². The second-order valence-corrected chi connectivity index (χ2v) is 6.00. The molecule has 1 heterocycles. The van der Waals surface area contributed by atoms with Gasteiger partial charge in [0, 0.05) is 24.8 Å². The summed E-state index contributed by atoms with van der Waals surface area (Å²) in [6, 6.07) is 18.0. The van der Waals surface area contributed by atoms with E-state index in [1.54, 1.807) is 12.3 Å². The third-order valence-corrected chi connectivity index (χ3v) is 4.02. The molecule has 1 N–H and O–H groups in total. The molecular weight excluding hydrogens is 339 g/mol. The minimum Gasteiger partial charge on any atom is -0.489 e. The number of nitrogens with zero attached hydrogens (tertiary/aromatic N) is 1. The van der Waals surface area contributed by atoms with E-state index in [9.17, 15) is 4.39 Å². The first-order valence-electron chi connectivity index (χ1n) is 7.97.